The molecule has 4 rings (SSSR count). The maximum absolute atomic E-state index is 13.7. The summed E-state index contributed by atoms with van der Waals surface area (Å²) < 4.78 is 13.7. The van der Waals surface area contributed by atoms with E-state index in [2.05, 4.69) is 55.6 Å². The summed E-state index contributed by atoms with van der Waals surface area (Å²) in [7, 11) is 0. The van der Waals surface area contributed by atoms with E-state index in [4.69, 9.17) is 4.98 Å². The smallest absolute Gasteiger partial charge is 0.123 e. The molecule has 1 aliphatic carbocycles. The van der Waals surface area contributed by atoms with Gasteiger partial charge in [-0.1, -0.05) is 56.4 Å². The van der Waals surface area contributed by atoms with E-state index >= 15 is 0 Å². The summed E-state index contributed by atoms with van der Waals surface area (Å²) in [6.45, 7) is 7.24. The predicted octanol–water partition coefficient (Wildman–Crippen LogP) is 6.42. The summed E-state index contributed by atoms with van der Waals surface area (Å²) in [6, 6.07) is 6.87. The van der Waals surface area contributed by atoms with Gasteiger partial charge in [-0.05, 0) is 60.6 Å². The van der Waals surface area contributed by atoms with E-state index in [0.29, 0.717) is 0 Å². The fourth-order valence-corrected chi connectivity index (χ4v) is 4.16. The van der Waals surface area contributed by atoms with Crippen molar-refractivity contribution in [2.75, 3.05) is 6.54 Å². The Morgan fingerprint density at radius 2 is 1.86 bits per heavy atom. The topological polar surface area (TPSA) is 24.9 Å². The minimum Gasteiger partial charge on any atom is -0.384 e. The van der Waals surface area contributed by atoms with Gasteiger partial charge in [0.25, 0.3) is 0 Å². The van der Waals surface area contributed by atoms with Crippen molar-refractivity contribution in [3.8, 4) is 11.1 Å². The van der Waals surface area contributed by atoms with Crippen LogP contribution in [-0.2, 0) is 6.42 Å². The molecule has 0 bridgehead atoms. The number of nitrogens with one attached hydrogen (secondary N) is 1. The lowest BCUT2D eigenvalue weighted by molar-refractivity contribution is 0.628. The monoisotopic (exact) mass is 386 g/mol. The zero-order valence-electron chi connectivity index (χ0n) is 17.3. The highest BCUT2D eigenvalue weighted by atomic mass is 19.1. The lowest BCUT2D eigenvalue weighted by atomic mass is 9.86. The van der Waals surface area contributed by atoms with Crippen molar-refractivity contribution in [2.45, 2.75) is 39.5 Å². The number of halogens is 1. The molecule has 3 heteroatoms. The Kier molecular flexibility index (Phi) is 5.48. The van der Waals surface area contributed by atoms with E-state index in [1.807, 2.05) is 19.1 Å². The number of hydrogen-bond acceptors (Lipinski definition) is 2. The molecule has 0 unspecified atom stereocenters. The number of hydrogen-bond donors (Lipinski definition) is 1. The Balaban J connectivity index is 2.10. The standard InChI is InChI=1S/C26H27FN2/c1-4-8-21-24(18-11-13-19(27)14-12-18)22-15-16-28-23-10-7-5-6-9-20(23)26(22)29-25(21)17(2)3/h4,6-14,17,28H,5,15-16H2,1-3H3/b8-4+. The number of fused-ring (bicyclic) bond motifs is 2. The van der Waals surface area contributed by atoms with Crippen LogP contribution in [0.5, 0.6) is 0 Å². The Morgan fingerprint density at radius 3 is 2.59 bits per heavy atom. The Labute approximate surface area is 172 Å². The summed E-state index contributed by atoms with van der Waals surface area (Å²) in [5, 5.41) is 3.58. The predicted molar refractivity (Wildman–Crippen MR) is 120 cm³/mol. The highest BCUT2D eigenvalue weighted by Gasteiger charge is 2.25. The first-order chi connectivity index (χ1) is 14.1. The van der Waals surface area contributed by atoms with Crippen molar-refractivity contribution < 1.29 is 4.39 Å². The molecule has 1 aliphatic heterocycles. The van der Waals surface area contributed by atoms with E-state index in [1.54, 1.807) is 12.1 Å². The molecule has 1 aromatic heterocycles. The summed E-state index contributed by atoms with van der Waals surface area (Å²) in [5.74, 6) is 0.0605. The van der Waals surface area contributed by atoms with Crippen LogP contribution in [0, 0.1) is 5.82 Å². The lowest BCUT2D eigenvalue weighted by Gasteiger charge is -2.21. The van der Waals surface area contributed by atoms with Gasteiger partial charge in [0.05, 0.1) is 11.4 Å². The minimum absolute atomic E-state index is 0.214. The van der Waals surface area contributed by atoms with Gasteiger partial charge in [-0.3, -0.25) is 4.98 Å². The molecule has 0 radical (unpaired) electrons. The van der Waals surface area contributed by atoms with Crippen LogP contribution < -0.4 is 5.32 Å². The molecule has 1 aromatic carbocycles. The van der Waals surface area contributed by atoms with E-state index in [-0.39, 0.29) is 11.7 Å². The van der Waals surface area contributed by atoms with Gasteiger partial charge in [0.2, 0.25) is 0 Å². The van der Waals surface area contributed by atoms with Crippen molar-refractivity contribution in [3.63, 3.8) is 0 Å². The first kappa shape index (κ1) is 19.4. The summed E-state index contributed by atoms with van der Waals surface area (Å²) >= 11 is 0. The van der Waals surface area contributed by atoms with Crippen LogP contribution in [0.2, 0.25) is 0 Å². The molecular weight excluding hydrogens is 359 g/mol. The normalized spacial score (nSPS) is 15.9. The number of benzene rings is 1. The van der Waals surface area contributed by atoms with Gasteiger partial charge in [0.15, 0.2) is 0 Å². The number of pyridine rings is 1. The molecule has 148 valence electrons. The Bertz CT molecular complexity index is 1040. The molecule has 0 saturated heterocycles. The second-order valence-electron chi connectivity index (χ2n) is 7.82. The van der Waals surface area contributed by atoms with Crippen molar-refractivity contribution in [1.29, 1.82) is 0 Å². The minimum atomic E-state index is -0.214. The molecule has 2 nitrogen and oxygen atoms in total. The summed E-state index contributed by atoms with van der Waals surface area (Å²) in [4.78, 5) is 5.21. The summed E-state index contributed by atoms with van der Waals surface area (Å²) in [5.41, 5.74) is 8.98. The maximum Gasteiger partial charge on any atom is 0.123 e. The second-order valence-corrected chi connectivity index (χ2v) is 7.82. The van der Waals surface area contributed by atoms with Crippen LogP contribution in [-0.4, -0.2) is 11.5 Å². The van der Waals surface area contributed by atoms with E-state index in [1.165, 1.54) is 11.1 Å². The van der Waals surface area contributed by atoms with Crippen molar-refractivity contribution >= 4 is 11.6 Å². The zero-order chi connectivity index (χ0) is 20.4. The third kappa shape index (κ3) is 3.69. The number of nitrogens with zero attached hydrogens (tertiary/aromatic N) is 1. The molecule has 0 spiro atoms. The fraction of sp³-hybridized carbons (Fsp3) is 0.269. The average Bonchev–Trinajstić information content (AvgIpc) is 3.03. The fourth-order valence-electron chi connectivity index (χ4n) is 4.16. The van der Waals surface area contributed by atoms with Crippen molar-refractivity contribution in [1.82, 2.24) is 10.3 Å². The molecule has 2 heterocycles. The van der Waals surface area contributed by atoms with Crippen LogP contribution >= 0.6 is 0 Å². The van der Waals surface area contributed by atoms with Gasteiger partial charge in [-0.25, -0.2) is 4.39 Å². The Morgan fingerprint density at radius 1 is 1.10 bits per heavy atom. The van der Waals surface area contributed by atoms with E-state index < -0.39 is 0 Å². The SMILES string of the molecule is C/C=C/c1c(C(C)C)nc2c(c1-c1ccc(F)cc1)CCNC1=C2C=CCC=C1. The van der Waals surface area contributed by atoms with Crippen molar-refractivity contribution in [2.24, 2.45) is 0 Å². The van der Waals surface area contributed by atoms with E-state index in [9.17, 15) is 4.39 Å². The molecule has 0 amide bonds. The van der Waals surface area contributed by atoms with Crippen LogP contribution in [0.4, 0.5) is 4.39 Å². The largest absolute Gasteiger partial charge is 0.384 e. The summed E-state index contributed by atoms with van der Waals surface area (Å²) in [6.07, 6.45) is 14.7. The molecule has 29 heavy (non-hydrogen) atoms. The third-order valence-corrected chi connectivity index (χ3v) is 5.46. The average molecular weight is 387 g/mol. The number of allylic oxidation sites excluding steroid dienone is 6. The van der Waals surface area contributed by atoms with Gasteiger partial charge in [0.1, 0.15) is 5.82 Å². The van der Waals surface area contributed by atoms with E-state index in [0.717, 1.165) is 53.2 Å². The number of rotatable bonds is 3. The van der Waals surface area contributed by atoms with Crippen LogP contribution in [0.15, 0.2) is 60.3 Å². The van der Waals surface area contributed by atoms with Gasteiger partial charge in [-0.15, -0.1) is 0 Å². The highest BCUT2D eigenvalue weighted by Crippen LogP contribution is 2.39. The zero-order valence-corrected chi connectivity index (χ0v) is 17.3. The molecule has 0 fully saturated rings. The molecule has 2 aliphatic rings. The molecule has 0 saturated carbocycles. The second kappa shape index (κ2) is 8.20. The molecule has 0 atom stereocenters. The maximum atomic E-state index is 13.7. The van der Waals surface area contributed by atoms with Gasteiger partial charge in [-0.2, -0.15) is 0 Å². The van der Waals surface area contributed by atoms with Gasteiger partial charge >= 0.3 is 0 Å². The van der Waals surface area contributed by atoms with Crippen LogP contribution in [0.1, 0.15) is 55.6 Å². The number of aromatic nitrogens is 1. The molecule has 2 aromatic rings. The third-order valence-electron chi connectivity index (χ3n) is 5.46. The van der Waals surface area contributed by atoms with Crippen molar-refractivity contribution in [3.05, 3.63) is 88.7 Å². The molecular formula is C26H27FN2. The van der Waals surface area contributed by atoms with Gasteiger partial charge in [0, 0.05) is 23.4 Å². The Hall–Kier alpha value is -2.94. The molecule has 1 N–H and O–H groups in total. The quantitative estimate of drug-likeness (QED) is 0.659. The highest BCUT2D eigenvalue weighted by molar-refractivity contribution is 5.87. The first-order valence-electron chi connectivity index (χ1n) is 10.4. The van der Waals surface area contributed by atoms with Crippen LogP contribution in [0.25, 0.3) is 22.8 Å². The first-order valence-corrected chi connectivity index (χ1v) is 10.4. The lowest BCUT2D eigenvalue weighted by Crippen LogP contribution is -2.14. The van der Waals surface area contributed by atoms with Gasteiger partial charge < -0.3 is 5.32 Å². The van der Waals surface area contributed by atoms with Crippen LogP contribution in [0.3, 0.4) is 0 Å².